The summed E-state index contributed by atoms with van der Waals surface area (Å²) in [6.07, 6.45) is 3.01. The van der Waals surface area contributed by atoms with E-state index in [1.807, 2.05) is 24.3 Å². The Morgan fingerprint density at radius 3 is 2.68 bits per heavy atom. The van der Waals surface area contributed by atoms with Crippen LogP contribution in [0.5, 0.6) is 0 Å². The third kappa shape index (κ3) is 2.85. The van der Waals surface area contributed by atoms with Gasteiger partial charge in [0.2, 0.25) is 0 Å². The highest BCUT2D eigenvalue weighted by Gasteiger charge is 2.19. The van der Waals surface area contributed by atoms with Crippen LogP contribution in [0.2, 0.25) is 0 Å². The predicted octanol–water partition coefficient (Wildman–Crippen LogP) is 4.28. The normalized spacial score (nSPS) is 10.8. The van der Waals surface area contributed by atoms with Crippen molar-refractivity contribution in [2.75, 3.05) is 5.32 Å². The van der Waals surface area contributed by atoms with Gasteiger partial charge in [-0.15, -0.1) is 0 Å². The molecule has 5 nitrogen and oxygen atoms in total. The number of anilines is 1. The van der Waals surface area contributed by atoms with Crippen molar-refractivity contribution < 1.29 is 13.7 Å². The molecule has 2 aromatic heterocycles. The molecule has 0 spiro atoms. The van der Waals surface area contributed by atoms with Crippen LogP contribution in [-0.4, -0.2) is 16.0 Å². The second kappa shape index (κ2) is 6.16. The van der Waals surface area contributed by atoms with Gasteiger partial charge in [-0.1, -0.05) is 23.4 Å². The van der Waals surface area contributed by atoms with Crippen LogP contribution in [0.15, 0.2) is 71.5 Å². The summed E-state index contributed by atoms with van der Waals surface area (Å²) in [6.45, 7) is 0. The zero-order valence-electron chi connectivity index (χ0n) is 12.9. The standard InChI is InChI=1S/C19H12FN3O2/c20-14-8-6-13(7-9-14)18-15(11-22-25-18)19(24)23-16-5-1-3-12-4-2-10-21-17(12)16/h1-11H,(H,23,24). The number of rotatable bonds is 3. The minimum Gasteiger partial charge on any atom is -0.355 e. The highest BCUT2D eigenvalue weighted by molar-refractivity contribution is 6.10. The van der Waals surface area contributed by atoms with Gasteiger partial charge in [0.25, 0.3) is 5.91 Å². The molecule has 0 aliphatic rings. The van der Waals surface area contributed by atoms with Crippen molar-refractivity contribution in [3.05, 3.63) is 78.4 Å². The lowest BCUT2D eigenvalue weighted by Crippen LogP contribution is -2.12. The first kappa shape index (κ1) is 15.0. The number of pyridine rings is 1. The summed E-state index contributed by atoms with van der Waals surface area (Å²) in [5, 5.41) is 7.45. The van der Waals surface area contributed by atoms with E-state index in [2.05, 4.69) is 15.5 Å². The minimum absolute atomic E-state index is 0.263. The number of benzene rings is 2. The van der Waals surface area contributed by atoms with Gasteiger partial charge in [0.1, 0.15) is 11.4 Å². The zero-order chi connectivity index (χ0) is 17.2. The average Bonchev–Trinajstić information content (AvgIpc) is 3.12. The molecule has 0 aliphatic heterocycles. The van der Waals surface area contributed by atoms with Crippen molar-refractivity contribution >= 4 is 22.5 Å². The van der Waals surface area contributed by atoms with E-state index >= 15 is 0 Å². The van der Waals surface area contributed by atoms with Gasteiger partial charge < -0.3 is 9.84 Å². The predicted molar refractivity (Wildman–Crippen MR) is 91.6 cm³/mol. The first-order valence-electron chi connectivity index (χ1n) is 7.58. The monoisotopic (exact) mass is 333 g/mol. The summed E-state index contributed by atoms with van der Waals surface area (Å²) in [6, 6.07) is 15.0. The van der Waals surface area contributed by atoms with Crippen LogP contribution in [0, 0.1) is 5.82 Å². The van der Waals surface area contributed by atoms with Crippen molar-refractivity contribution in [1.29, 1.82) is 0 Å². The van der Waals surface area contributed by atoms with Crippen LogP contribution in [-0.2, 0) is 0 Å². The Kier molecular flexibility index (Phi) is 3.70. The quantitative estimate of drug-likeness (QED) is 0.607. The zero-order valence-corrected chi connectivity index (χ0v) is 12.9. The molecule has 4 aromatic rings. The Balaban J connectivity index is 1.68. The van der Waals surface area contributed by atoms with Crippen molar-refractivity contribution in [3.63, 3.8) is 0 Å². The van der Waals surface area contributed by atoms with Crippen LogP contribution < -0.4 is 5.32 Å². The number of hydrogen-bond acceptors (Lipinski definition) is 4. The summed E-state index contributed by atoms with van der Waals surface area (Å²) < 4.78 is 18.3. The molecule has 0 fully saturated rings. The van der Waals surface area contributed by atoms with Crippen molar-refractivity contribution in [3.8, 4) is 11.3 Å². The van der Waals surface area contributed by atoms with Crippen molar-refractivity contribution in [1.82, 2.24) is 10.1 Å². The molecule has 2 aromatic carbocycles. The molecule has 4 rings (SSSR count). The number of carbonyl (C=O) groups is 1. The number of amides is 1. The van der Waals surface area contributed by atoms with Crippen LogP contribution in [0.4, 0.5) is 10.1 Å². The van der Waals surface area contributed by atoms with Crippen molar-refractivity contribution in [2.45, 2.75) is 0 Å². The highest BCUT2D eigenvalue weighted by Crippen LogP contribution is 2.26. The van der Waals surface area contributed by atoms with Crippen LogP contribution in [0.3, 0.4) is 0 Å². The van der Waals surface area contributed by atoms with E-state index in [1.54, 1.807) is 12.3 Å². The Morgan fingerprint density at radius 2 is 1.84 bits per heavy atom. The largest absolute Gasteiger partial charge is 0.355 e. The Bertz CT molecular complexity index is 1050. The summed E-state index contributed by atoms with van der Waals surface area (Å²) in [5.74, 6) is -0.458. The van der Waals surface area contributed by atoms with E-state index in [-0.39, 0.29) is 23.0 Å². The van der Waals surface area contributed by atoms with E-state index in [4.69, 9.17) is 4.52 Å². The molecule has 1 amide bonds. The fraction of sp³-hybridized carbons (Fsp3) is 0. The molecule has 0 atom stereocenters. The smallest absolute Gasteiger partial charge is 0.261 e. The van der Waals surface area contributed by atoms with Gasteiger partial charge in [-0.3, -0.25) is 9.78 Å². The van der Waals surface area contributed by atoms with Gasteiger partial charge in [0.15, 0.2) is 5.76 Å². The average molecular weight is 333 g/mol. The number of nitrogens with one attached hydrogen (secondary N) is 1. The molecule has 0 unspecified atom stereocenters. The fourth-order valence-corrected chi connectivity index (χ4v) is 2.61. The highest BCUT2D eigenvalue weighted by atomic mass is 19.1. The molecular formula is C19H12FN3O2. The van der Waals surface area contributed by atoms with E-state index < -0.39 is 0 Å². The lowest BCUT2D eigenvalue weighted by atomic mass is 10.1. The lowest BCUT2D eigenvalue weighted by Gasteiger charge is -2.07. The molecule has 0 saturated heterocycles. The number of carbonyl (C=O) groups excluding carboxylic acids is 1. The fourth-order valence-electron chi connectivity index (χ4n) is 2.61. The Hall–Kier alpha value is -3.54. The minimum atomic E-state index is -0.376. The molecular weight excluding hydrogens is 321 g/mol. The van der Waals surface area contributed by atoms with Crippen LogP contribution >= 0.6 is 0 Å². The Labute approximate surface area is 142 Å². The summed E-state index contributed by atoms with van der Waals surface area (Å²) in [4.78, 5) is 17.0. The maximum atomic E-state index is 13.1. The number of fused-ring (bicyclic) bond motifs is 1. The topological polar surface area (TPSA) is 68.0 Å². The van der Waals surface area contributed by atoms with Crippen LogP contribution in [0.1, 0.15) is 10.4 Å². The molecule has 2 heterocycles. The third-order valence-electron chi connectivity index (χ3n) is 3.80. The molecule has 0 saturated carbocycles. The molecule has 0 aliphatic carbocycles. The number of para-hydroxylation sites is 1. The first-order valence-corrected chi connectivity index (χ1v) is 7.58. The number of halogens is 1. The van der Waals surface area contributed by atoms with Gasteiger partial charge >= 0.3 is 0 Å². The molecule has 25 heavy (non-hydrogen) atoms. The molecule has 6 heteroatoms. The van der Waals surface area contributed by atoms with E-state index in [0.29, 0.717) is 16.8 Å². The maximum Gasteiger partial charge on any atom is 0.261 e. The van der Waals surface area contributed by atoms with Gasteiger partial charge in [-0.2, -0.15) is 0 Å². The first-order chi connectivity index (χ1) is 12.2. The molecule has 0 bridgehead atoms. The second-order valence-electron chi connectivity index (χ2n) is 5.41. The molecule has 122 valence electrons. The summed E-state index contributed by atoms with van der Waals surface area (Å²) in [5.41, 5.74) is 2.12. The lowest BCUT2D eigenvalue weighted by molar-refractivity contribution is 0.102. The van der Waals surface area contributed by atoms with Crippen LogP contribution in [0.25, 0.3) is 22.2 Å². The van der Waals surface area contributed by atoms with E-state index in [9.17, 15) is 9.18 Å². The maximum absolute atomic E-state index is 13.1. The Morgan fingerprint density at radius 1 is 1.04 bits per heavy atom. The SMILES string of the molecule is O=C(Nc1cccc2cccnc12)c1cnoc1-c1ccc(F)cc1. The van der Waals surface area contributed by atoms with E-state index in [1.165, 1.54) is 30.5 Å². The second-order valence-corrected chi connectivity index (χ2v) is 5.41. The molecule has 1 N–H and O–H groups in total. The number of nitrogens with zero attached hydrogens (tertiary/aromatic N) is 2. The van der Waals surface area contributed by atoms with Gasteiger partial charge in [-0.25, -0.2) is 4.39 Å². The van der Waals surface area contributed by atoms with E-state index in [0.717, 1.165) is 5.39 Å². The molecule has 0 radical (unpaired) electrons. The summed E-state index contributed by atoms with van der Waals surface area (Å²) in [7, 11) is 0. The summed E-state index contributed by atoms with van der Waals surface area (Å²) >= 11 is 0. The third-order valence-corrected chi connectivity index (χ3v) is 3.80. The van der Waals surface area contributed by atoms with Gasteiger partial charge in [-0.05, 0) is 36.4 Å². The van der Waals surface area contributed by atoms with Gasteiger partial charge in [0, 0.05) is 17.1 Å². The van der Waals surface area contributed by atoms with Crippen molar-refractivity contribution in [2.24, 2.45) is 0 Å². The van der Waals surface area contributed by atoms with Gasteiger partial charge in [0.05, 0.1) is 17.4 Å². The number of aromatic nitrogens is 2. The number of hydrogen-bond donors (Lipinski definition) is 1.